The van der Waals surface area contributed by atoms with Crippen LogP contribution in [0.1, 0.15) is 23.6 Å². The Morgan fingerprint density at radius 2 is 1.00 bits per heavy atom. The minimum Gasteiger partial charge on any atom is -0.310 e. The van der Waals surface area contributed by atoms with Gasteiger partial charge < -0.3 is 4.90 Å². The van der Waals surface area contributed by atoms with Crippen molar-refractivity contribution in [3.8, 4) is 44.5 Å². The second-order valence-corrected chi connectivity index (χ2v) is 17.6. The fourth-order valence-corrected chi connectivity index (χ4v) is 11.2. The van der Waals surface area contributed by atoms with Gasteiger partial charge >= 0.3 is 0 Å². The number of rotatable bonds is 10. The zero-order valence-electron chi connectivity index (χ0n) is 35.7. The predicted molar refractivity (Wildman–Crippen MR) is 275 cm³/mol. The van der Waals surface area contributed by atoms with E-state index in [1.807, 2.05) is 23.5 Å². The van der Waals surface area contributed by atoms with Crippen LogP contribution >= 0.6 is 11.3 Å². The van der Waals surface area contributed by atoms with Crippen molar-refractivity contribution in [1.29, 1.82) is 0 Å². The van der Waals surface area contributed by atoms with Crippen LogP contribution in [-0.2, 0) is 5.41 Å². The molecule has 0 saturated heterocycles. The summed E-state index contributed by atoms with van der Waals surface area (Å²) in [6.07, 6.45) is 8.26. The molecule has 11 rings (SSSR count). The van der Waals surface area contributed by atoms with E-state index in [4.69, 9.17) is 0 Å². The first-order valence-corrected chi connectivity index (χ1v) is 22.8. The van der Waals surface area contributed by atoms with Gasteiger partial charge in [0.15, 0.2) is 0 Å². The highest BCUT2D eigenvalue weighted by Crippen LogP contribution is 2.60. The highest BCUT2D eigenvalue weighted by Gasteiger charge is 2.47. The molecule has 0 N–H and O–H groups in total. The first-order chi connectivity index (χ1) is 31.6. The predicted octanol–water partition coefficient (Wildman–Crippen LogP) is 17.5. The molecular weight excluding hydrogens is 791 g/mol. The van der Waals surface area contributed by atoms with Crippen molar-refractivity contribution < 1.29 is 0 Å². The Bertz CT molecular complexity index is 3380. The van der Waals surface area contributed by atoms with Crippen LogP contribution in [0.15, 0.2) is 255 Å². The largest absolute Gasteiger partial charge is 0.310 e. The first-order valence-electron chi connectivity index (χ1n) is 21.9. The minimum absolute atomic E-state index is 0.515. The summed E-state index contributed by atoms with van der Waals surface area (Å²) in [5, 5.41) is 2.60. The van der Waals surface area contributed by atoms with Gasteiger partial charge in [-0.15, -0.1) is 11.3 Å². The third-order valence-corrected chi connectivity index (χ3v) is 14.1. The lowest BCUT2D eigenvalue weighted by atomic mass is 9.67. The standard InChI is InChI=1S/C62H45NS/c1-3-4-8-18-43(2)62(50-25-13-7-14-26-50)57-39-37-53(42-56(57)60-58(62)40-38-55-54-27-15-16-28-59(54)64-61(55)60)63(51-33-29-46(30-34-51)44-19-9-5-10-20-44)52-35-31-47(32-36-52)49-24-17-23-48(41-49)45-21-11-6-12-22-45/h3-42H,1H2,2H3/b8-4-,43-18+. The number of hydrogen-bond donors (Lipinski definition) is 0. The lowest BCUT2D eigenvalue weighted by Crippen LogP contribution is -2.28. The van der Waals surface area contributed by atoms with Gasteiger partial charge in [0.25, 0.3) is 0 Å². The molecule has 1 aliphatic carbocycles. The van der Waals surface area contributed by atoms with E-state index in [9.17, 15) is 0 Å². The SMILES string of the molecule is C=C/C=C\C=C(/C)C1(c2ccccc2)c2ccc(N(c3ccc(-c4ccccc4)cc3)c3ccc(-c4cccc(-c5ccccc5)c4)cc3)cc2-c2c1ccc1c2sc2ccccc21. The number of allylic oxidation sites excluding steroid dienone is 5. The molecule has 0 amide bonds. The molecule has 0 fully saturated rings. The van der Waals surface area contributed by atoms with Gasteiger partial charge in [-0.05, 0) is 111 Å². The highest BCUT2D eigenvalue weighted by molar-refractivity contribution is 7.26. The molecule has 0 saturated carbocycles. The molecule has 1 aliphatic rings. The van der Waals surface area contributed by atoms with Gasteiger partial charge in [-0.25, -0.2) is 0 Å². The van der Waals surface area contributed by atoms with Crippen molar-refractivity contribution in [3.63, 3.8) is 0 Å². The van der Waals surface area contributed by atoms with Crippen LogP contribution in [0.3, 0.4) is 0 Å². The van der Waals surface area contributed by atoms with E-state index in [2.05, 4.69) is 249 Å². The lowest BCUT2D eigenvalue weighted by Gasteiger charge is -2.34. The van der Waals surface area contributed by atoms with Gasteiger partial charge in [0.2, 0.25) is 0 Å². The van der Waals surface area contributed by atoms with Crippen molar-refractivity contribution in [3.05, 3.63) is 272 Å². The number of hydrogen-bond acceptors (Lipinski definition) is 2. The Morgan fingerprint density at radius 1 is 0.469 bits per heavy atom. The fraction of sp³-hybridized carbons (Fsp3) is 0.0323. The Morgan fingerprint density at radius 3 is 1.66 bits per heavy atom. The Labute approximate surface area is 379 Å². The summed E-state index contributed by atoms with van der Waals surface area (Å²) in [5.74, 6) is 0. The molecule has 64 heavy (non-hydrogen) atoms. The molecule has 0 radical (unpaired) electrons. The van der Waals surface area contributed by atoms with E-state index >= 15 is 0 Å². The van der Waals surface area contributed by atoms with Crippen LogP contribution in [0, 0.1) is 0 Å². The summed E-state index contributed by atoms with van der Waals surface area (Å²) < 4.78 is 2.63. The average molecular weight is 836 g/mol. The lowest BCUT2D eigenvalue weighted by molar-refractivity contribution is 0.747. The summed E-state index contributed by atoms with van der Waals surface area (Å²) in [6, 6.07) is 80.0. The molecule has 0 spiro atoms. The van der Waals surface area contributed by atoms with Crippen molar-refractivity contribution in [2.45, 2.75) is 12.3 Å². The second-order valence-electron chi connectivity index (χ2n) is 16.5. The molecule has 2 heteroatoms. The van der Waals surface area contributed by atoms with E-state index in [-0.39, 0.29) is 0 Å². The average Bonchev–Trinajstić information content (AvgIpc) is 3.89. The van der Waals surface area contributed by atoms with Crippen LogP contribution in [0.25, 0.3) is 64.7 Å². The maximum atomic E-state index is 3.97. The summed E-state index contributed by atoms with van der Waals surface area (Å²) in [4.78, 5) is 2.42. The monoisotopic (exact) mass is 835 g/mol. The second kappa shape index (κ2) is 16.5. The summed E-state index contributed by atoms with van der Waals surface area (Å²) in [6.45, 7) is 6.26. The number of benzene rings is 9. The summed E-state index contributed by atoms with van der Waals surface area (Å²) in [7, 11) is 0. The summed E-state index contributed by atoms with van der Waals surface area (Å²) in [5.41, 5.74) is 17.6. The highest BCUT2D eigenvalue weighted by atomic mass is 32.1. The normalized spacial score (nSPS) is 14.5. The molecule has 1 unspecified atom stereocenters. The third-order valence-electron chi connectivity index (χ3n) is 12.9. The van der Waals surface area contributed by atoms with Crippen LogP contribution in [0.2, 0.25) is 0 Å². The molecule has 1 nitrogen and oxygen atoms in total. The maximum absolute atomic E-state index is 3.97. The first kappa shape index (κ1) is 39.1. The van der Waals surface area contributed by atoms with E-state index in [0.717, 1.165) is 17.1 Å². The number of nitrogens with zero attached hydrogens (tertiary/aromatic N) is 1. The molecule has 304 valence electrons. The van der Waals surface area contributed by atoms with Crippen LogP contribution in [-0.4, -0.2) is 0 Å². The van der Waals surface area contributed by atoms with Gasteiger partial charge in [-0.2, -0.15) is 0 Å². The Kier molecular flexibility index (Phi) is 10.1. The van der Waals surface area contributed by atoms with Crippen molar-refractivity contribution >= 4 is 48.6 Å². The topological polar surface area (TPSA) is 3.24 Å². The fourth-order valence-electron chi connectivity index (χ4n) is 9.97. The van der Waals surface area contributed by atoms with Crippen LogP contribution in [0.5, 0.6) is 0 Å². The maximum Gasteiger partial charge on any atom is 0.0674 e. The van der Waals surface area contributed by atoms with Gasteiger partial charge in [0.1, 0.15) is 0 Å². The molecule has 9 aromatic carbocycles. The number of fused-ring (bicyclic) bond motifs is 7. The Balaban J connectivity index is 1.12. The molecule has 1 heterocycles. The molecule has 0 bridgehead atoms. The summed E-state index contributed by atoms with van der Waals surface area (Å²) >= 11 is 1.90. The van der Waals surface area contributed by atoms with Gasteiger partial charge in [-0.1, -0.05) is 206 Å². The van der Waals surface area contributed by atoms with Crippen molar-refractivity contribution in [2.75, 3.05) is 4.90 Å². The van der Waals surface area contributed by atoms with E-state index in [0.29, 0.717) is 0 Å². The van der Waals surface area contributed by atoms with Crippen molar-refractivity contribution in [2.24, 2.45) is 0 Å². The van der Waals surface area contributed by atoms with Gasteiger partial charge in [0, 0.05) is 42.8 Å². The minimum atomic E-state index is -0.515. The van der Waals surface area contributed by atoms with Gasteiger partial charge in [0.05, 0.1) is 5.41 Å². The zero-order valence-corrected chi connectivity index (χ0v) is 36.5. The number of anilines is 3. The van der Waals surface area contributed by atoms with Gasteiger partial charge in [-0.3, -0.25) is 0 Å². The number of thiophene rings is 1. The molecule has 1 aromatic heterocycles. The van der Waals surface area contributed by atoms with E-state index < -0.39 is 5.41 Å². The van der Waals surface area contributed by atoms with E-state index in [1.54, 1.807) is 0 Å². The van der Waals surface area contributed by atoms with Crippen LogP contribution in [0.4, 0.5) is 17.1 Å². The molecule has 0 aliphatic heterocycles. The molecule has 10 aromatic rings. The quantitative estimate of drug-likeness (QED) is 0.124. The Hall–Kier alpha value is -7.78. The van der Waals surface area contributed by atoms with E-state index in [1.165, 1.54) is 86.9 Å². The third kappa shape index (κ3) is 6.63. The zero-order chi connectivity index (χ0) is 43.0. The van der Waals surface area contributed by atoms with Crippen molar-refractivity contribution in [1.82, 2.24) is 0 Å². The van der Waals surface area contributed by atoms with Crippen LogP contribution < -0.4 is 4.90 Å². The smallest absolute Gasteiger partial charge is 0.0674 e. The molecular formula is C62H45NS. The molecule has 1 atom stereocenters.